The first kappa shape index (κ1) is 19.6. The molecule has 0 radical (unpaired) electrons. The van der Waals surface area contributed by atoms with Crippen LogP contribution in [0, 0.1) is 0 Å². The number of amides is 1. The number of carbonyl (C=O) groups excluding carboxylic acids is 1. The van der Waals surface area contributed by atoms with Crippen LogP contribution in [0.3, 0.4) is 0 Å². The van der Waals surface area contributed by atoms with Crippen molar-refractivity contribution in [1.29, 1.82) is 0 Å². The maximum absolute atomic E-state index is 13.9. The molecule has 2 heterocycles. The molecule has 0 unspecified atom stereocenters. The van der Waals surface area contributed by atoms with Crippen molar-refractivity contribution < 1.29 is 18.0 Å². The first-order chi connectivity index (χ1) is 14.3. The number of hydrogen-bond acceptors (Lipinski definition) is 3. The van der Waals surface area contributed by atoms with Crippen molar-refractivity contribution >= 4 is 5.91 Å². The zero-order chi connectivity index (χ0) is 21.0. The fourth-order valence-electron chi connectivity index (χ4n) is 4.55. The number of likely N-dealkylation sites (N-methyl/N-ethyl adjacent to an activating group) is 1. The van der Waals surface area contributed by atoms with Crippen molar-refractivity contribution in [2.24, 2.45) is 0 Å². The zero-order valence-corrected chi connectivity index (χ0v) is 16.9. The van der Waals surface area contributed by atoms with Crippen molar-refractivity contribution in [2.75, 3.05) is 26.8 Å². The van der Waals surface area contributed by atoms with E-state index in [1.807, 2.05) is 11.9 Å². The predicted molar refractivity (Wildman–Crippen MR) is 108 cm³/mol. The van der Waals surface area contributed by atoms with Gasteiger partial charge in [0.05, 0.1) is 12.2 Å². The van der Waals surface area contributed by atoms with Crippen LogP contribution in [0.2, 0.25) is 0 Å². The standard InChI is InChI=1S/C23H24F3N3O/c1-27-8-9-28(14-27)12-15-2-6-19(21(10-15)23(24,25)26)16-3-7-20-17(11-16)13-29(22(20)30)18-4-5-18/h2-3,6-7,10-11,18H,4-5,8-9,12-14H2,1H3. The monoisotopic (exact) mass is 415 g/mol. The van der Waals surface area contributed by atoms with E-state index in [0.29, 0.717) is 35.8 Å². The maximum atomic E-state index is 13.9. The Bertz CT molecular complexity index is 1000. The number of nitrogens with zero attached hydrogens (tertiary/aromatic N) is 3. The minimum Gasteiger partial charge on any atom is -0.331 e. The van der Waals surface area contributed by atoms with Gasteiger partial charge in [-0.15, -0.1) is 0 Å². The third kappa shape index (κ3) is 3.61. The van der Waals surface area contributed by atoms with E-state index in [9.17, 15) is 18.0 Å². The molecule has 0 spiro atoms. The molecule has 1 saturated heterocycles. The molecule has 30 heavy (non-hydrogen) atoms. The van der Waals surface area contributed by atoms with Gasteiger partial charge in [0.2, 0.25) is 0 Å². The lowest BCUT2D eigenvalue weighted by Gasteiger charge is -2.19. The molecule has 2 aliphatic heterocycles. The van der Waals surface area contributed by atoms with E-state index in [2.05, 4.69) is 9.80 Å². The lowest BCUT2D eigenvalue weighted by molar-refractivity contribution is -0.137. The lowest BCUT2D eigenvalue weighted by atomic mass is 9.94. The fraction of sp³-hybridized carbons (Fsp3) is 0.435. The van der Waals surface area contributed by atoms with Crippen LogP contribution < -0.4 is 0 Å². The predicted octanol–water partition coefficient (Wildman–Crippen LogP) is 4.20. The second-order valence-electron chi connectivity index (χ2n) is 8.69. The number of benzene rings is 2. The summed E-state index contributed by atoms with van der Waals surface area (Å²) in [7, 11) is 2.01. The Morgan fingerprint density at radius 3 is 2.47 bits per heavy atom. The molecule has 7 heteroatoms. The van der Waals surface area contributed by atoms with E-state index in [1.54, 1.807) is 30.3 Å². The van der Waals surface area contributed by atoms with Gasteiger partial charge in [-0.25, -0.2) is 0 Å². The van der Waals surface area contributed by atoms with Crippen LogP contribution in [-0.2, 0) is 19.3 Å². The van der Waals surface area contributed by atoms with Gasteiger partial charge in [-0.1, -0.05) is 18.2 Å². The Morgan fingerprint density at radius 2 is 1.80 bits per heavy atom. The van der Waals surface area contributed by atoms with Crippen LogP contribution in [0.15, 0.2) is 36.4 Å². The minimum atomic E-state index is -4.44. The maximum Gasteiger partial charge on any atom is 0.417 e. The van der Waals surface area contributed by atoms with Crippen LogP contribution in [0.5, 0.6) is 0 Å². The third-order valence-corrected chi connectivity index (χ3v) is 6.27. The summed E-state index contributed by atoms with van der Waals surface area (Å²) in [5.41, 5.74) is 2.17. The molecular formula is C23H24F3N3O. The molecule has 158 valence electrons. The minimum absolute atomic E-state index is 0.000948. The summed E-state index contributed by atoms with van der Waals surface area (Å²) < 4.78 is 41.8. The number of rotatable bonds is 4. The Morgan fingerprint density at radius 1 is 1.03 bits per heavy atom. The zero-order valence-electron chi connectivity index (χ0n) is 16.9. The highest BCUT2D eigenvalue weighted by atomic mass is 19.4. The number of carbonyl (C=O) groups is 1. The topological polar surface area (TPSA) is 26.8 Å². The SMILES string of the molecule is CN1CCN(Cc2ccc(-c3ccc4c(c3)CN(C3CC3)C4=O)c(C(F)(F)F)c2)C1. The highest BCUT2D eigenvalue weighted by Gasteiger charge is 2.39. The molecule has 2 aromatic carbocycles. The number of fused-ring (bicyclic) bond motifs is 1. The van der Waals surface area contributed by atoms with Crippen LogP contribution in [0.25, 0.3) is 11.1 Å². The van der Waals surface area contributed by atoms with E-state index in [0.717, 1.165) is 38.2 Å². The van der Waals surface area contributed by atoms with Gasteiger partial charge in [0, 0.05) is 37.8 Å². The Kier molecular flexibility index (Phi) is 4.63. The molecule has 0 atom stereocenters. The summed E-state index contributed by atoms with van der Waals surface area (Å²) in [6.45, 7) is 3.54. The average molecular weight is 415 g/mol. The quantitative estimate of drug-likeness (QED) is 0.749. The lowest BCUT2D eigenvalue weighted by Crippen LogP contribution is -2.25. The molecule has 0 aromatic heterocycles. The molecule has 5 rings (SSSR count). The largest absolute Gasteiger partial charge is 0.417 e. The second-order valence-corrected chi connectivity index (χ2v) is 8.69. The van der Waals surface area contributed by atoms with Crippen molar-refractivity contribution in [3.63, 3.8) is 0 Å². The molecule has 3 aliphatic rings. The van der Waals surface area contributed by atoms with Crippen LogP contribution in [0.4, 0.5) is 13.2 Å². The first-order valence-corrected chi connectivity index (χ1v) is 10.3. The average Bonchev–Trinajstić information content (AvgIpc) is 3.39. The van der Waals surface area contributed by atoms with Gasteiger partial charge in [-0.05, 0) is 60.3 Å². The number of halogens is 3. The van der Waals surface area contributed by atoms with E-state index in [1.165, 1.54) is 6.07 Å². The van der Waals surface area contributed by atoms with E-state index >= 15 is 0 Å². The van der Waals surface area contributed by atoms with Gasteiger partial charge in [-0.2, -0.15) is 13.2 Å². The summed E-state index contributed by atoms with van der Waals surface area (Å²) >= 11 is 0. The number of hydrogen-bond donors (Lipinski definition) is 0. The van der Waals surface area contributed by atoms with Gasteiger partial charge in [0.1, 0.15) is 0 Å². The molecule has 2 fully saturated rings. The first-order valence-electron chi connectivity index (χ1n) is 10.3. The molecule has 4 nitrogen and oxygen atoms in total. The molecule has 1 aliphatic carbocycles. The summed E-state index contributed by atoms with van der Waals surface area (Å²) in [5.74, 6) is 0.000948. The van der Waals surface area contributed by atoms with E-state index in [-0.39, 0.29) is 11.5 Å². The van der Waals surface area contributed by atoms with Gasteiger partial charge in [-0.3, -0.25) is 14.6 Å². The van der Waals surface area contributed by atoms with E-state index in [4.69, 9.17) is 0 Å². The van der Waals surface area contributed by atoms with E-state index < -0.39 is 11.7 Å². The van der Waals surface area contributed by atoms with Crippen molar-refractivity contribution in [3.05, 3.63) is 58.7 Å². The summed E-state index contributed by atoms with van der Waals surface area (Å²) in [4.78, 5) is 18.7. The Hall–Kier alpha value is -2.38. The second kappa shape index (κ2) is 7.10. The summed E-state index contributed by atoms with van der Waals surface area (Å²) in [6.07, 6.45) is -2.42. The van der Waals surface area contributed by atoms with Crippen LogP contribution in [-0.4, -0.2) is 53.5 Å². The molecule has 0 N–H and O–H groups in total. The molecule has 1 saturated carbocycles. The summed E-state index contributed by atoms with van der Waals surface area (Å²) in [5, 5.41) is 0. The Balaban J connectivity index is 1.47. The van der Waals surface area contributed by atoms with Gasteiger partial charge >= 0.3 is 6.18 Å². The normalized spacial score (nSPS) is 20.3. The van der Waals surface area contributed by atoms with Gasteiger partial charge < -0.3 is 4.90 Å². The molecule has 2 aromatic rings. The Labute approximate surface area is 173 Å². The smallest absolute Gasteiger partial charge is 0.331 e. The number of alkyl halides is 3. The van der Waals surface area contributed by atoms with Crippen molar-refractivity contribution in [1.82, 2.24) is 14.7 Å². The van der Waals surface area contributed by atoms with Crippen molar-refractivity contribution in [3.8, 4) is 11.1 Å². The van der Waals surface area contributed by atoms with Gasteiger partial charge in [0.25, 0.3) is 5.91 Å². The highest BCUT2D eigenvalue weighted by molar-refractivity contribution is 5.99. The fourth-order valence-corrected chi connectivity index (χ4v) is 4.55. The van der Waals surface area contributed by atoms with Crippen LogP contribution in [0.1, 0.15) is 39.9 Å². The molecule has 1 amide bonds. The summed E-state index contributed by atoms with van der Waals surface area (Å²) in [6, 6.07) is 10.0. The van der Waals surface area contributed by atoms with Gasteiger partial charge in [0.15, 0.2) is 0 Å². The van der Waals surface area contributed by atoms with Crippen LogP contribution >= 0.6 is 0 Å². The highest BCUT2D eigenvalue weighted by Crippen LogP contribution is 2.40. The molecule has 0 bridgehead atoms. The molecular weight excluding hydrogens is 391 g/mol. The van der Waals surface area contributed by atoms with Crippen molar-refractivity contribution in [2.45, 2.75) is 38.1 Å². The third-order valence-electron chi connectivity index (χ3n) is 6.27.